The van der Waals surface area contributed by atoms with E-state index in [4.69, 9.17) is 9.84 Å². The predicted octanol–water partition coefficient (Wildman–Crippen LogP) is 1.51. The molecule has 0 heterocycles. The fraction of sp³-hybridized carbons (Fsp3) is 0.455. The van der Waals surface area contributed by atoms with E-state index in [0.29, 0.717) is 6.54 Å². The van der Waals surface area contributed by atoms with Crippen LogP contribution in [0.4, 0.5) is 0 Å². The molecule has 3 heteroatoms. The van der Waals surface area contributed by atoms with Gasteiger partial charge in [0.15, 0.2) is 0 Å². The topological polar surface area (TPSA) is 41.5 Å². The Balaban J connectivity index is 2.50. The standard InChI is InChI=1S/C11H17NO2/c1-9(2)14-11-5-3-10(4-6-11)7-12-8-13/h3-6,9,12-13H,7-8H2,1-2H3. The van der Waals surface area contributed by atoms with E-state index in [1.807, 2.05) is 38.1 Å². The van der Waals surface area contributed by atoms with Crippen LogP contribution in [0.2, 0.25) is 0 Å². The van der Waals surface area contributed by atoms with Crippen LogP contribution in [0, 0.1) is 0 Å². The number of benzene rings is 1. The van der Waals surface area contributed by atoms with Gasteiger partial charge in [-0.3, -0.25) is 5.32 Å². The summed E-state index contributed by atoms with van der Waals surface area (Å²) in [5.41, 5.74) is 1.13. The summed E-state index contributed by atoms with van der Waals surface area (Å²) in [7, 11) is 0. The molecule has 0 atom stereocenters. The molecule has 0 spiro atoms. The lowest BCUT2D eigenvalue weighted by Crippen LogP contribution is -2.13. The lowest BCUT2D eigenvalue weighted by molar-refractivity contribution is 0.242. The van der Waals surface area contributed by atoms with Crippen molar-refractivity contribution in [3.63, 3.8) is 0 Å². The highest BCUT2D eigenvalue weighted by molar-refractivity contribution is 5.27. The van der Waals surface area contributed by atoms with Crippen molar-refractivity contribution in [3.05, 3.63) is 29.8 Å². The molecule has 0 radical (unpaired) electrons. The zero-order valence-electron chi connectivity index (χ0n) is 8.66. The third-order valence-electron chi connectivity index (χ3n) is 1.74. The van der Waals surface area contributed by atoms with Gasteiger partial charge in [0.1, 0.15) is 5.75 Å². The first-order valence-corrected chi connectivity index (χ1v) is 4.79. The number of aliphatic hydroxyl groups excluding tert-OH is 1. The highest BCUT2D eigenvalue weighted by Crippen LogP contribution is 2.13. The number of rotatable bonds is 5. The van der Waals surface area contributed by atoms with Gasteiger partial charge in [0, 0.05) is 6.54 Å². The molecule has 0 saturated carbocycles. The Hall–Kier alpha value is -1.06. The SMILES string of the molecule is CC(C)Oc1ccc(CNCO)cc1. The van der Waals surface area contributed by atoms with Crippen molar-refractivity contribution in [3.8, 4) is 5.75 Å². The summed E-state index contributed by atoms with van der Waals surface area (Å²) in [5.74, 6) is 0.882. The van der Waals surface area contributed by atoms with Gasteiger partial charge < -0.3 is 9.84 Å². The Kier molecular flexibility index (Phi) is 4.43. The van der Waals surface area contributed by atoms with Crippen LogP contribution < -0.4 is 10.1 Å². The van der Waals surface area contributed by atoms with E-state index >= 15 is 0 Å². The summed E-state index contributed by atoms with van der Waals surface area (Å²) >= 11 is 0. The minimum Gasteiger partial charge on any atom is -0.491 e. The molecule has 1 aromatic rings. The summed E-state index contributed by atoms with van der Waals surface area (Å²) < 4.78 is 5.50. The molecule has 1 aromatic carbocycles. The molecule has 78 valence electrons. The van der Waals surface area contributed by atoms with Gasteiger partial charge in [-0.15, -0.1) is 0 Å². The third-order valence-corrected chi connectivity index (χ3v) is 1.74. The van der Waals surface area contributed by atoms with Crippen molar-refractivity contribution in [1.29, 1.82) is 0 Å². The van der Waals surface area contributed by atoms with E-state index in [9.17, 15) is 0 Å². The first-order chi connectivity index (χ1) is 6.72. The van der Waals surface area contributed by atoms with Crippen LogP contribution in [-0.2, 0) is 6.54 Å². The molecule has 0 aliphatic rings. The van der Waals surface area contributed by atoms with Crippen LogP contribution in [-0.4, -0.2) is 17.9 Å². The Bertz CT molecular complexity index is 256. The summed E-state index contributed by atoms with van der Waals surface area (Å²) in [6.45, 7) is 4.69. The summed E-state index contributed by atoms with van der Waals surface area (Å²) in [4.78, 5) is 0. The van der Waals surface area contributed by atoms with Crippen molar-refractivity contribution in [2.75, 3.05) is 6.73 Å². The summed E-state index contributed by atoms with van der Waals surface area (Å²) in [5, 5.41) is 11.4. The van der Waals surface area contributed by atoms with E-state index in [1.165, 1.54) is 0 Å². The molecule has 0 aliphatic carbocycles. The van der Waals surface area contributed by atoms with Crippen LogP contribution in [0.3, 0.4) is 0 Å². The van der Waals surface area contributed by atoms with Crippen molar-refractivity contribution in [2.24, 2.45) is 0 Å². The van der Waals surface area contributed by atoms with Crippen LogP contribution in [0.25, 0.3) is 0 Å². The van der Waals surface area contributed by atoms with Crippen molar-refractivity contribution >= 4 is 0 Å². The predicted molar refractivity (Wildman–Crippen MR) is 56.1 cm³/mol. The number of hydrogen-bond donors (Lipinski definition) is 2. The molecular formula is C11H17NO2. The Morgan fingerprint density at radius 2 is 1.93 bits per heavy atom. The second kappa shape index (κ2) is 5.62. The quantitative estimate of drug-likeness (QED) is 0.700. The summed E-state index contributed by atoms with van der Waals surface area (Å²) in [6.07, 6.45) is 0.205. The number of aliphatic hydroxyl groups is 1. The first-order valence-electron chi connectivity index (χ1n) is 4.79. The first kappa shape index (κ1) is 11.0. The minimum absolute atomic E-state index is 0.00421. The molecule has 0 bridgehead atoms. The molecule has 0 aromatic heterocycles. The second-order valence-electron chi connectivity index (χ2n) is 3.40. The molecule has 1 rings (SSSR count). The van der Waals surface area contributed by atoms with Gasteiger partial charge in [-0.05, 0) is 31.5 Å². The lowest BCUT2D eigenvalue weighted by atomic mass is 10.2. The molecule has 14 heavy (non-hydrogen) atoms. The normalized spacial score (nSPS) is 10.6. The van der Waals surface area contributed by atoms with Crippen molar-refractivity contribution in [1.82, 2.24) is 5.32 Å². The molecule has 0 amide bonds. The number of ether oxygens (including phenoxy) is 1. The summed E-state index contributed by atoms with van der Waals surface area (Å²) in [6, 6.07) is 7.85. The molecule has 0 aliphatic heterocycles. The van der Waals surface area contributed by atoms with Crippen molar-refractivity contribution in [2.45, 2.75) is 26.5 Å². The van der Waals surface area contributed by atoms with Crippen LogP contribution >= 0.6 is 0 Å². The minimum atomic E-state index is 0.00421. The highest BCUT2D eigenvalue weighted by atomic mass is 16.5. The third kappa shape index (κ3) is 3.77. The molecule has 0 saturated heterocycles. The van der Waals surface area contributed by atoms with E-state index in [2.05, 4.69) is 5.32 Å². The molecule has 2 N–H and O–H groups in total. The molecule has 0 unspecified atom stereocenters. The maximum absolute atomic E-state index is 8.57. The fourth-order valence-electron chi connectivity index (χ4n) is 1.16. The zero-order chi connectivity index (χ0) is 10.4. The molecule has 3 nitrogen and oxygen atoms in total. The van der Waals surface area contributed by atoms with Crippen LogP contribution in [0.1, 0.15) is 19.4 Å². The maximum atomic E-state index is 8.57. The van der Waals surface area contributed by atoms with Crippen molar-refractivity contribution < 1.29 is 9.84 Å². The maximum Gasteiger partial charge on any atom is 0.119 e. The smallest absolute Gasteiger partial charge is 0.119 e. The lowest BCUT2D eigenvalue weighted by Gasteiger charge is -2.10. The Morgan fingerprint density at radius 3 is 2.43 bits per heavy atom. The number of hydrogen-bond acceptors (Lipinski definition) is 3. The Morgan fingerprint density at radius 1 is 1.29 bits per heavy atom. The highest BCUT2D eigenvalue weighted by Gasteiger charge is 1.97. The number of nitrogens with one attached hydrogen (secondary N) is 1. The molecular weight excluding hydrogens is 178 g/mol. The van der Waals surface area contributed by atoms with Crippen LogP contribution in [0.15, 0.2) is 24.3 Å². The average molecular weight is 195 g/mol. The Labute approximate surface area is 84.7 Å². The van der Waals surface area contributed by atoms with Crippen LogP contribution in [0.5, 0.6) is 5.75 Å². The van der Waals surface area contributed by atoms with Gasteiger partial charge in [-0.25, -0.2) is 0 Å². The van der Waals surface area contributed by atoms with Gasteiger partial charge >= 0.3 is 0 Å². The van der Waals surface area contributed by atoms with E-state index < -0.39 is 0 Å². The van der Waals surface area contributed by atoms with Gasteiger partial charge in [-0.1, -0.05) is 12.1 Å². The van der Waals surface area contributed by atoms with Gasteiger partial charge in [0.25, 0.3) is 0 Å². The monoisotopic (exact) mass is 195 g/mol. The van der Waals surface area contributed by atoms with Gasteiger partial charge in [-0.2, -0.15) is 0 Å². The van der Waals surface area contributed by atoms with E-state index in [-0.39, 0.29) is 12.8 Å². The average Bonchev–Trinajstić information content (AvgIpc) is 2.16. The second-order valence-corrected chi connectivity index (χ2v) is 3.40. The van der Waals surface area contributed by atoms with E-state index in [1.54, 1.807) is 0 Å². The fourth-order valence-corrected chi connectivity index (χ4v) is 1.16. The van der Waals surface area contributed by atoms with Gasteiger partial charge in [0.05, 0.1) is 12.8 Å². The molecule has 0 fully saturated rings. The van der Waals surface area contributed by atoms with Gasteiger partial charge in [0.2, 0.25) is 0 Å². The largest absolute Gasteiger partial charge is 0.491 e. The zero-order valence-corrected chi connectivity index (χ0v) is 8.66. The van der Waals surface area contributed by atoms with E-state index in [0.717, 1.165) is 11.3 Å².